The van der Waals surface area contributed by atoms with Crippen molar-refractivity contribution in [2.24, 2.45) is 0 Å². The second-order valence-electron chi connectivity index (χ2n) is 0. The van der Waals surface area contributed by atoms with E-state index in [1.807, 2.05) is 0 Å². The maximum atomic E-state index is 0. The van der Waals surface area contributed by atoms with Gasteiger partial charge in [0, 0.05) is 0 Å². The first-order valence-corrected chi connectivity index (χ1v) is 0. The zero-order valence-corrected chi connectivity index (χ0v) is 64.5. The summed E-state index contributed by atoms with van der Waals surface area (Å²) in [5, 5.41) is 0. The second-order valence-corrected chi connectivity index (χ2v) is 0. The van der Waals surface area contributed by atoms with E-state index in [1.54, 1.807) is 0 Å². The fraction of sp³-hybridized carbons (Fsp3) is 0. The molecule has 0 radical (unpaired) electrons. The number of rotatable bonds is 0. The molecule has 26 heteroatoms. The summed E-state index contributed by atoms with van der Waals surface area (Å²) in [4.78, 5) is 0. The molecule has 0 aliphatic heterocycles. The Hall–Kier alpha value is 15.4. The minimum absolute atomic E-state index is 0. The second kappa shape index (κ2) is 264. The molecule has 0 saturated carbocycles. The Kier molecular flexibility index (Phi) is 2900. The largest absolute Gasteiger partial charge is 4.00 e. The third kappa shape index (κ3) is 245. The van der Waals surface area contributed by atoms with Gasteiger partial charge in [-0.15, -0.1) is 0 Å². The zero-order valence-electron chi connectivity index (χ0n) is 12.7. The Bertz CT molecular complexity index is 51.9. The van der Waals surface area contributed by atoms with E-state index in [4.69, 9.17) is 0 Å². The van der Waals surface area contributed by atoms with Gasteiger partial charge in [0.05, 0.1) is 0 Å². The van der Waals surface area contributed by atoms with Gasteiger partial charge in [-0.1, -0.05) is 0 Å². The molecule has 0 heterocycles. The maximum absolute atomic E-state index is 0. The minimum Gasteiger partial charge on any atom is -3.00 e. The summed E-state index contributed by atoms with van der Waals surface area (Å²) in [7, 11) is 0. The van der Waals surface area contributed by atoms with Gasteiger partial charge >= 0.3 is 261 Å². The molecule has 112 valence electrons. The first-order chi connectivity index (χ1) is 0. The molecule has 0 fully saturated rings. The molecule has 0 aromatic heterocycles. The Morgan fingerprint density at radius 3 is 0.154 bits per heavy atom. The molecule has 0 unspecified atom stereocenters. The number of hydrogen-bond acceptors (Lipinski definition) is 0. The normalized spacial score (nSPS) is 0. The maximum Gasteiger partial charge on any atom is 4.00 e. The van der Waals surface area contributed by atoms with E-state index >= 15 is 0 Å². The summed E-state index contributed by atoms with van der Waals surface area (Å²) in [6.45, 7) is 0. The van der Waals surface area contributed by atoms with Crippen molar-refractivity contribution in [1.29, 1.82) is 0 Å². The van der Waals surface area contributed by atoms with Crippen molar-refractivity contribution in [3.63, 3.8) is 0 Å². The van der Waals surface area contributed by atoms with E-state index < -0.39 is 0 Å². The van der Waals surface area contributed by atoms with Crippen LogP contribution in [0.2, 0.25) is 0 Å². The van der Waals surface area contributed by atoms with Crippen LogP contribution in [0.1, 0.15) is 0 Å². The topological polar surface area (TPSA) is 0 Å². The van der Waals surface area contributed by atoms with Gasteiger partial charge in [0.2, 0.25) is 0 Å². The summed E-state index contributed by atoms with van der Waals surface area (Å²) in [5.74, 6) is 0. The van der Waals surface area contributed by atoms with Gasteiger partial charge in [-0.05, 0) is 0 Å². The van der Waals surface area contributed by atoms with Gasteiger partial charge in [-0.2, -0.15) is 0 Å². The molecular formula is As7Ge6In6P7. The van der Waals surface area contributed by atoms with Crippen molar-refractivity contribution in [2.45, 2.75) is 0 Å². The van der Waals surface area contributed by atoms with Crippen LogP contribution in [0.3, 0.4) is 0 Å². The molecule has 26 heavy (non-hydrogen) atoms. The Morgan fingerprint density at radius 2 is 0.154 bits per heavy atom. The van der Waals surface area contributed by atoms with Gasteiger partial charge < -0.3 is 195 Å². The summed E-state index contributed by atoms with van der Waals surface area (Å²) < 4.78 is 0. The summed E-state index contributed by atoms with van der Waals surface area (Å²) in [5.41, 5.74) is 0. The minimum atomic E-state index is 0. The van der Waals surface area contributed by atoms with Gasteiger partial charge in [0.25, 0.3) is 0 Å². The van der Waals surface area contributed by atoms with Crippen molar-refractivity contribution in [3.05, 3.63) is 0 Å². The van der Waals surface area contributed by atoms with E-state index in [1.165, 1.54) is 0 Å². The van der Waals surface area contributed by atoms with Crippen LogP contribution in [0.4, 0.5) is 0 Å². The molecule has 0 aromatic carbocycles. The van der Waals surface area contributed by atoms with Crippen LogP contribution >= 0.6 is 69.3 Å². The first-order valence-electron chi connectivity index (χ1n) is 0. The SMILES string of the molecule is [As-3].[As-3].[As-3].[As-3].[As-3].[As-3].[As-3].[Ge+4].[Ge+4].[Ge+4].[Ge+4].[Ge+4].[Ge+4].[In+3].[In+3].[In+3].[In+3].[In+3].[In+3].[P-3].[P-3].[P-3].[P-3].[P-3].[P-3].[P-3]. The van der Waals surface area contributed by atoms with Crippen molar-refractivity contribution >= 4 is 456 Å². The van der Waals surface area contributed by atoms with Crippen LogP contribution < -0.4 is 0 Å². The quantitative estimate of drug-likeness (QED) is 0.212. The van der Waals surface area contributed by atoms with Crippen LogP contribution in [0.5, 0.6) is 0 Å². The molecule has 0 nitrogen and oxygen atoms in total. The Balaban J connectivity index is 0. The first kappa shape index (κ1) is 285. The smallest absolute Gasteiger partial charge is 3.00 e. The Labute approximate surface area is 444 Å². The van der Waals surface area contributed by atoms with Crippen LogP contribution in [-0.4, -0.2) is 386 Å². The summed E-state index contributed by atoms with van der Waals surface area (Å²) in [6, 6.07) is 0. The molecule has 0 rings (SSSR count). The van der Waals surface area contributed by atoms with Gasteiger partial charge in [0.1, 0.15) is 0 Å². The fourth-order valence-electron chi connectivity index (χ4n) is 0. The predicted molar refractivity (Wildman–Crippen MR) is 158 cm³/mol. The van der Waals surface area contributed by atoms with Crippen LogP contribution in [0.15, 0.2) is 0 Å². The van der Waals surface area contributed by atoms with E-state index in [2.05, 4.69) is 0 Å². The molecule has 0 N–H and O–H groups in total. The Morgan fingerprint density at radius 1 is 0.154 bits per heavy atom. The third-order valence-corrected chi connectivity index (χ3v) is 0. The van der Waals surface area contributed by atoms with Crippen molar-refractivity contribution in [1.82, 2.24) is 0 Å². The molecule has 0 bridgehead atoms. The van der Waals surface area contributed by atoms with E-state index in [0.29, 0.717) is 0 Å². The van der Waals surface area contributed by atoms with Gasteiger partial charge in [0.15, 0.2) is 0 Å². The average molecular weight is 1870 g/mol. The van der Waals surface area contributed by atoms with Gasteiger partial charge in [-0.3, -0.25) is 0 Å². The summed E-state index contributed by atoms with van der Waals surface area (Å²) in [6.07, 6.45) is 0. The molecule has 0 spiro atoms. The van der Waals surface area contributed by atoms with Gasteiger partial charge in [-0.25, -0.2) is 0 Å². The van der Waals surface area contributed by atoms with Crippen LogP contribution in [0.25, 0.3) is 0 Å². The third-order valence-electron chi connectivity index (χ3n) is 0. The molecule has 0 saturated heterocycles. The average Bonchev–Trinajstić information content (AvgIpc) is 0. The standard InChI is InChI=1S/7As.6Ge.6In.7P/q7*-3;6*+4;6*+3;7*-3. The molecule has 0 aromatic rings. The molecule has 0 amide bonds. The van der Waals surface area contributed by atoms with E-state index in [0.717, 1.165) is 0 Å². The van der Waals surface area contributed by atoms with Crippen molar-refractivity contribution in [2.75, 3.05) is 0 Å². The number of hydrogen-bond donors (Lipinski definition) is 0. The molecule has 0 aliphatic carbocycles. The summed E-state index contributed by atoms with van der Waals surface area (Å²) >= 11 is 0. The van der Waals surface area contributed by atoms with Crippen LogP contribution in [-0.2, 0) is 0 Å². The van der Waals surface area contributed by atoms with Crippen molar-refractivity contribution < 1.29 is 0 Å². The van der Waals surface area contributed by atoms with Crippen molar-refractivity contribution in [3.8, 4) is 0 Å². The molecular weight excluding hydrogens is 1870 g/mol. The monoisotopic (exact) mass is 1870 g/mol. The molecule has 0 atom stereocenters. The van der Waals surface area contributed by atoms with E-state index in [-0.39, 0.29) is 456 Å². The fourth-order valence-corrected chi connectivity index (χ4v) is 0. The molecule has 0 aliphatic rings. The van der Waals surface area contributed by atoms with Crippen LogP contribution in [0, 0.1) is 0 Å². The van der Waals surface area contributed by atoms with E-state index in [9.17, 15) is 0 Å². The zero-order chi connectivity index (χ0) is 0. The predicted octanol–water partition coefficient (Wildman–Crippen LogP) is -1.21.